The van der Waals surface area contributed by atoms with Crippen LogP contribution in [0.2, 0.25) is 0 Å². The molecule has 3 aromatic rings. The molecule has 0 aliphatic carbocycles. The van der Waals surface area contributed by atoms with Gasteiger partial charge in [-0.15, -0.1) is 0 Å². The lowest BCUT2D eigenvalue weighted by atomic mass is 9.85. The third-order valence-electron chi connectivity index (χ3n) is 8.11. The minimum atomic E-state index is 0.195. The van der Waals surface area contributed by atoms with Crippen molar-refractivity contribution in [2.75, 3.05) is 38.1 Å². The Morgan fingerprint density at radius 2 is 1.74 bits per heavy atom. The first-order valence-electron chi connectivity index (χ1n) is 12.7. The molecule has 2 bridgehead atoms. The van der Waals surface area contributed by atoms with Crippen LogP contribution in [-0.2, 0) is 6.42 Å². The number of amides is 1. The summed E-state index contributed by atoms with van der Waals surface area (Å²) >= 11 is 0. The van der Waals surface area contributed by atoms with Crippen LogP contribution in [0.5, 0.6) is 0 Å². The van der Waals surface area contributed by atoms with Crippen molar-refractivity contribution >= 4 is 22.5 Å². The molecular weight excluding hydrogens is 422 g/mol. The van der Waals surface area contributed by atoms with Crippen LogP contribution in [0.15, 0.2) is 55.0 Å². The SMILES string of the molecule is CN1CCN(c2cc(C(=O)N3C4CCC3CC(Cc3ccc5ccncc5c3)C4)ccn2)CC1. The van der Waals surface area contributed by atoms with Gasteiger partial charge in [-0.25, -0.2) is 4.98 Å². The molecule has 1 aromatic carbocycles. The Hall–Kier alpha value is -2.99. The van der Waals surface area contributed by atoms with Gasteiger partial charge in [0.15, 0.2) is 0 Å². The second kappa shape index (κ2) is 8.99. The Kier molecular flexibility index (Phi) is 5.69. The van der Waals surface area contributed by atoms with E-state index < -0.39 is 0 Å². The van der Waals surface area contributed by atoms with Crippen molar-refractivity contribution in [2.24, 2.45) is 5.92 Å². The molecule has 3 aliphatic heterocycles. The molecule has 0 N–H and O–H groups in total. The molecule has 3 saturated heterocycles. The minimum absolute atomic E-state index is 0.195. The summed E-state index contributed by atoms with van der Waals surface area (Å²) in [6.45, 7) is 3.99. The first-order valence-corrected chi connectivity index (χ1v) is 12.7. The zero-order chi connectivity index (χ0) is 23.1. The van der Waals surface area contributed by atoms with Crippen molar-refractivity contribution in [3.63, 3.8) is 0 Å². The fraction of sp³-hybridized carbons (Fsp3) is 0.464. The van der Waals surface area contributed by atoms with Crippen LogP contribution in [0.1, 0.15) is 41.6 Å². The third-order valence-corrected chi connectivity index (χ3v) is 8.11. The molecule has 0 radical (unpaired) electrons. The molecule has 1 amide bonds. The molecule has 6 heteroatoms. The molecule has 3 fully saturated rings. The molecule has 176 valence electrons. The van der Waals surface area contributed by atoms with E-state index in [2.05, 4.69) is 56.0 Å². The summed E-state index contributed by atoms with van der Waals surface area (Å²) in [4.78, 5) is 29.3. The number of carbonyl (C=O) groups excluding carboxylic acids is 1. The number of likely N-dealkylation sites (N-methyl/N-ethyl adjacent to an activating group) is 1. The van der Waals surface area contributed by atoms with Crippen molar-refractivity contribution in [2.45, 2.75) is 44.2 Å². The lowest BCUT2D eigenvalue weighted by Gasteiger charge is -2.39. The number of piperazine rings is 1. The summed E-state index contributed by atoms with van der Waals surface area (Å²) in [5.41, 5.74) is 2.18. The smallest absolute Gasteiger partial charge is 0.254 e. The standard InChI is InChI=1S/C28H33N5O/c1-31-10-12-32(13-11-31)27-18-23(7-9-30-27)28(34)33-25-4-5-26(33)17-21(16-25)14-20-2-3-22-6-8-29-19-24(22)15-20/h2-3,6-9,15,18-19,21,25-26H,4-5,10-14,16-17H2,1H3. The number of aromatic nitrogens is 2. The maximum absolute atomic E-state index is 13.6. The van der Waals surface area contributed by atoms with Crippen molar-refractivity contribution in [1.29, 1.82) is 0 Å². The van der Waals surface area contributed by atoms with Crippen LogP contribution < -0.4 is 4.90 Å². The topological polar surface area (TPSA) is 52.6 Å². The predicted octanol–water partition coefficient (Wildman–Crippen LogP) is 4.01. The summed E-state index contributed by atoms with van der Waals surface area (Å²) in [5, 5.41) is 2.46. The van der Waals surface area contributed by atoms with Crippen molar-refractivity contribution < 1.29 is 4.79 Å². The highest BCUT2D eigenvalue weighted by molar-refractivity contribution is 5.95. The molecule has 0 saturated carbocycles. The van der Waals surface area contributed by atoms with Crippen LogP contribution in [0, 0.1) is 5.92 Å². The first-order chi connectivity index (χ1) is 16.6. The molecule has 5 heterocycles. The Bertz CT molecular complexity index is 1170. The van der Waals surface area contributed by atoms with Gasteiger partial charge in [0, 0.05) is 67.8 Å². The largest absolute Gasteiger partial charge is 0.354 e. The molecule has 6 rings (SSSR count). The number of pyridine rings is 2. The van der Waals surface area contributed by atoms with Gasteiger partial charge < -0.3 is 14.7 Å². The van der Waals surface area contributed by atoms with Gasteiger partial charge in [0.2, 0.25) is 0 Å². The van der Waals surface area contributed by atoms with Crippen LogP contribution in [0.3, 0.4) is 0 Å². The molecule has 3 aliphatic rings. The number of fused-ring (bicyclic) bond motifs is 3. The lowest BCUT2D eigenvalue weighted by molar-refractivity contribution is 0.0524. The van der Waals surface area contributed by atoms with Crippen molar-refractivity contribution in [1.82, 2.24) is 19.8 Å². The molecule has 0 spiro atoms. The molecular formula is C28H33N5O. The monoisotopic (exact) mass is 455 g/mol. The van der Waals surface area contributed by atoms with Gasteiger partial charge in [0.1, 0.15) is 5.82 Å². The quantitative estimate of drug-likeness (QED) is 0.595. The zero-order valence-electron chi connectivity index (χ0n) is 19.9. The van der Waals surface area contributed by atoms with Gasteiger partial charge in [-0.3, -0.25) is 9.78 Å². The summed E-state index contributed by atoms with van der Waals surface area (Å²) in [6.07, 6.45) is 11.2. The Morgan fingerprint density at radius 3 is 2.53 bits per heavy atom. The van der Waals surface area contributed by atoms with Gasteiger partial charge in [0.05, 0.1) is 0 Å². The zero-order valence-corrected chi connectivity index (χ0v) is 19.9. The minimum Gasteiger partial charge on any atom is -0.354 e. The van der Waals surface area contributed by atoms with Crippen LogP contribution in [0.4, 0.5) is 5.82 Å². The van der Waals surface area contributed by atoms with E-state index in [1.807, 2.05) is 30.7 Å². The average molecular weight is 456 g/mol. The average Bonchev–Trinajstić information content (AvgIpc) is 3.14. The number of anilines is 1. The second-order valence-corrected chi connectivity index (χ2v) is 10.4. The van der Waals surface area contributed by atoms with E-state index in [1.54, 1.807) is 0 Å². The summed E-state index contributed by atoms with van der Waals surface area (Å²) in [7, 11) is 2.15. The Balaban J connectivity index is 1.14. The summed E-state index contributed by atoms with van der Waals surface area (Å²) in [5.74, 6) is 1.77. The van der Waals surface area contributed by atoms with E-state index in [9.17, 15) is 4.79 Å². The number of rotatable bonds is 4. The summed E-state index contributed by atoms with van der Waals surface area (Å²) in [6, 6.07) is 13.5. The first kappa shape index (κ1) is 21.5. The highest BCUT2D eigenvalue weighted by Gasteiger charge is 2.43. The van der Waals surface area contributed by atoms with E-state index in [4.69, 9.17) is 0 Å². The fourth-order valence-corrected chi connectivity index (χ4v) is 6.29. The van der Waals surface area contributed by atoms with Crippen LogP contribution in [-0.4, -0.2) is 71.0 Å². The predicted molar refractivity (Wildman–Crippen MR) is 135 cm³/mol. The highest BCUT2D eigenvalue weighted by Crippen LogP contribution is 2.41. The maximum Gasteiger partial charge on any atom is 0.254 e. The lowest BCUT2D eigenvalue weighted by Crippen LogP contribution is -2.47. The van der Waals surface area contributed by atoms with Gasteiger partial charge in [-0.2, -0.15) is 0 Å². The van der Waals surface area contributed by atoms with E-state index in [-0.39, 0.29) is 5.91 Å². The number of hydrogen-bond acceptors (Lipinski definition) is 5. The van der Waals surface area contributed by atoms with E-state index in [1.165, 1.54) is 16.3 Å². The number of benzene rings is 1. The van der Waals surface area contributed by atoms with Gasteiger partial charge in [-0.05, 0) is 80.3 Å². The van der Waals surface area contributed by atoms with E-state index in [0.717, 1.165) is 69.7 Å². The van der Waals surface area contributed by atoms with Crippen molar-refractivity contribution in [3.05, 3.63) is 66.1 Å². The fourth-order valence-electron chi connectivity index (χ4n) is 6.29. The van der Waals surface area contributed by atoms with Crippen molar-refractivity contribution in [3.8, 4) is 0 Å². The van der Waals surface area contributed by atoms with Gasteiger partial charge in [0.25, 0.3) is 5.91 Å². The molecule has 6 nitrogen and oxygen atoms in total. The number of carbonyl (C=O) groups is 1. The van der Waals surface area contributed by atoms with Crippen LogP contribution in [0.25, 0.3) is 10.8 Å². The van der Waals surface area contributed by atoms with E-state index >= 15 is 0 Å². The van der Waals surface area contributed by atoms with E-state index in [0.29, 0.717) is 18.0 Å². The second-order valence-electron chi connectivity index (χ2n) is 10.4. The normalized spacial score (nSPS) is 25.1. The van der Waals surface area contributed by atoms with Gasteiger partial charge >= 0.3 is 0 Å². The number of nitrogens with zero attached hydrogens (tertiary/aromatic N) is 5. The number of piperidine rings is 1. The molecule has 2 atom stereocenters. The maximum atomic E-state index is 13.6. The van der Waals surface area contributed by atoms with Crippen LogP contribution >= 0.6 is 0 Å². The third kappa shape index (κ3) is 4.16. The number of hydrogen-bond donors (Lipinski definition) is 0. The summed E-state index contributed by atoms with van der Waals surface area (Å²) < 4.78 is 0. The highest BCUT2D eigenvalue weighted by atomic mass is 16.2. The molecule has 2 aromatic heterocycles. The molecule has 34 heavy (non-hydrogen) atoms. The Morgan fingerprint density at radius 1 is 0.941 bits per heavy atom. The Labute approximate surface area is 201 Å². The van der Waals surface area contributed by atoms with Gasteiger partial charge in [-0.1, -0.05) is 12.1 Å². The molecule has 2 unspecified atom stereocenters.